The van der Waals surface area contributed by atoms with E-state index in [0.717, 1.165) is 36.9 Å². The highest BCUT2D eigenvalue weighted by Gasteiger charge is 2.38. The van der Waals surface area contributed by atoms with Gasteiger partial charge in [-0.15, -0.1) is 0 Å². The molecule has 1 unspecified atom stereocenters. The number of nitrogens with zero attached hydrogens (tertiary/aromatic N) is 3. The predicted octanol–water partition coefficient (Wildman–Crippen LogP) is 5.27. The molecule has 2 aliphatic rings. The van der Waals surface area contributed by atoms with Gasteiger partial charge < -0.3 is 10.1 Å². The molecule has 1 atom stereocenters. The summed E-state index contributed by atoms with van der Waals surface area (Å²) in [4.78, 5) is 18.6. The lowest BCUT2D eigenvalue weighted by molar-refractivity contribution is 0.268. The average Bonchev–Trinajstić information content (AvgIpc) is 3.80. The van der Waals surface area contributed by atoms with Gasteiger partial charge in [0.1, 0.15) is 12.1 Å². The Labute approximate surface area is 241 Å². The van der Waals surface area contributed by atoms with Crippen LogP contribution in [0.25, 0.3) is 16.6 Å². The van der Waals surface area contributed by atoms with Crippen LogP contribution in [0.15, 0.2) is 76.7 Å². The first-order valence-electron chi connectivity index (χ1n) is 14.4. The van der Waals surface area contributed by atoms with Crippen molar-refractivity contribution in [2.24, 2.45) is 0 Å². The third kappa shape index (κ3) is 5.74. The van der Waals surface area contributed by atoms with Crippen LogP contribution >= 0.6 is 0 Å². The fraction of sp³-hybridized carbons (Fsp3) is 0.375. The second-order valence-electron chi connectivity index (χ2n) is 11.2. The predicted molar refractivity (Wildman–Crippen MR) is 162 cm³/mol. The van der Waals surface area contributed by atoms with E-state index in [1.807, 2.05) is 50.2 Å². The van der Waals surface area contributed by atoms with Gasteiger partial charge in [-0.3, -0.25) is 13.7 Å². The van der Waals surface area contributed by atoms with Crippen molar-refractivity contribution in [3.63, 3.8) is 0 Å². The summed E-state index contributed by atoms with van der Waals surface area (Å²) in [6, 6.07) is 18.2. The zero-order valence-electron chi connectivity index (χ0n) is 23.5. The molecule has 1 N–H and O–H groups in total. The summed E-state index contributed by atoms with van der Waals surface area (Å²) in [5, 5.41) is 3.99. The minimum atomic E-state index is -3.78. The molecule has 0 radical (unpaired) electrons. The van der Waals surface area contributed by atoms with Gasteiger partial charge in [-0.1, -0.05) is 30.2 Å². The van der Waals surface area contributed by atoms with Gasteiger partial charge in [0.25, 0.3) is 15.6 Å². The molecule has 1 saturated carbocycles. The molecule has 1 aliphatic heterocycles. The van der Waals surface area contributed by atoms with E-state index in [-0.39, 0.29) is 16.5 Å². The Bertz CT molecular complexity index is 1720. The summed E-state index contributed by atoms with van der Waals surface area (Å²) in [6.07, 6.45) is 7.67. The number of hydrogen-bond donors (Lipinski definition) is 1. The number of nitrogens with one attached hydrogen (secondary N) is 1. The topological polar surface area (TPSA) is 93.5 Å². The maximum Gasteiger partial charge on any atom is 0.265 e. The highest BCUT2D eigenvalue weighted by molar-refractivity contribution is 7.92. The SMILES string of the molecule is Cc1ccc(S(=O)(=O)N(c2ccc(C)c(-n3cnc4ccc(OCCC5CCCCN5)cc4c3=O)c2)C2CC2)cc1. The largest absolute Gasteiger partial charge is 0.494 e. The van der Waals surface area contributed by atoms with E-state index in [1.54, 1.807) is 24.3 Å². The van der Waals surface area contributed by atoms with Gasteiger partial charge in [0.05, 0.1) is 33.8 Å². The van der Waals surface area contributed by atoms with Crippen molar-refractivity contribution >= 4 is 26.6 Å². The maximum atomic E-state index is 13.8. The molecule has 6 rings (SSSR count). The number of hydrogen-bond acceptors (Lipinski definition) is 6. The van der Waals surface area contributed by atoms with Gasteiger partial charge in [-0.25, -0.2) is 13.4 Å². The van der Waals surface area contributed by atoms with Gasteiger partial charge in [0.2, 0.25) is 0 Å². The van der Waals surface area contributed by atoms with Crippen LogP contribution in [0, 0.1) is 13.8 Å². The van der Waals surface area contributed by atoms with Crippen LogP contribution in [0.5, 0.6) is 5.75 Å². The highest BCUT2D eigenvalue weighted by Crippen LogP contribution is 2.38. The van der Waals surface area contributed by atoms with Gasteiger partial charge in [0.15, 0.2) is 0 Å². The number of piperidine rings is 1. The van der Waals surface area contributed by atoms with E-state index in [9.17, 15) is 13.2 Å². The summed E-state index contributed by atoms with van der Waals surface area (Å²) >= 11 is 0. The van der Waals surface area contributed by atoms with Crippen LogP contribution in [0.4, 0.5) is 5.69 Å². The number of aromatic nitrogens is 2. The number of rotatable bonds is 9. The molecule has 3 aromatic carbocycles. The third-order valence-corrected chi connectivity index (χ3v) is 9.93. The Hall–Kier alpha value is -3.69. The molecule has 8 nitrogen and oxygen atoms in total. The minimum Gasteiger partial charge on any atom is -0.494 e. The van der Waals surface area contributed by atoms with E-state index in [1.165, 1.54) is 34.5 Å². The summed E-state index contributed by atoms with van der Waals surface area (Å²) in [7, 11) is -3.78. The van der Waals surface area contributed by atoms with Crippen LogP contribution < -0.4 is 19.9 Å². The van der Waals surface area contributed by atoms with Gasteiger partial charge in [0, 0.05) is 12.1 Å². The summed E-state index contributed by atoms with van der Waals surface area (Å²) < 4.78 is 36.5. The number of anilines is 1. The molecule has 2 heterocycles. The molecule has 0 amide bonds. The second kappa shape index (κ2) is 11.3. The smallest absolute Gasteiger partial charge is 0.265 e. The first-order valence-corrected chi connectivity index (χ1v) is 15.8. The number of ether oxygens (including phenoxy) is 1. The lowest BCUT2D eigenvalue weighted by Crippen LogP contribution is -2.35. The first kappa shape index (κ1) is 27.5. The van der Waals surface area contributed by atoms with Crippen molar-refractivity contribution in [2.45, 2.75) is 69.4 Å². The Morgan fingerprint density at radius 3 is 2.54 bits per heavy atom. The van der Waals surface area contributed by atoms with Gasteiger partial charge in [-0.2, -0.15) is 0 Å². The molecule has 0 bridgehead atoms. The van der Waals surface area contributed by atoms with Crippen LogP contribution in [0.2, 0.25) is 0 Å². The fourth-order valence-corrected chi connectivity index (χ4v) is 7.23. The molecule has 4 aromatic rings. The van der Waals surface area contributed by atoms with E-state index in [4.69, 9.17) is 4.74 Å². The molecular weight excluding hydrogens is 536 g/mol. The molecule has 214 valence electrons. The lowest BCUT2D eigenvalue weighted by atomic mass is 10.0. The maximum absolute atomic E-state index is 13.8. The third-order valence-electron chi connectivity index (χ3n) is 8.04. The van der Waals surface area contributed by atoms with Gasteiger partial charge in [-0.05, 0) is 101 Å². The highest BCUT2D eigenvalue weighted by atomic mass is 32.2. The summed E-state index contributed by atoms with van der Waals surface area (Å²) in [5.41, 5.74) is 3.33. The van der Waals surface area contributed by atoms with E-state index >= 15 is 0 Å². The Kier molecular flexibility index (Phi) is 7.57. The van der Waals surface area contributed by atoms with Crippen LogP contribution in [-0.2, 0) is 10.0 Å². The van der Waals surface area contributed by atoms with Crippen molar-refractivity contribution < 1.29 is 13.2 Å². The standard InChI is InChI=1S/C32H36N4O4S/c1-22-6-13-28(14-7-22)41(38,39)36(25-10-11-25)26-9-8-23(2)31(19-26)35-21-34-30-15-12-27(20-29(30)32(35)37)40-18-16-24-5-3-4-17-33-24/h6-9,12-15,19-21,24-25,33H,3-5,10-11,16-18H2,1-2H3. The number of sulfonamides is 1. The molecule has 9 heteroatoms. The second-order valence-corrected chi connectivity index (χ2v) is 13.0. The number of fused-ring (bicyclic) bond motifs is 1. The van der Waals surface area contributed by atoms with Crippen molar-refractivity contribution in [3.05, 3.63) is 88.5 Å². The van der Waals surface area contributed by atoms with Crippen LogP contribution in [-0.4, -0.2) is 43.2 Å². The summed E-state index contributed by atoms with van der Waals surface area (Å²) in [5.74, 6) is 0.638. The average molecular weight is 573 g/mol. The van der Waals surface area contributed by atoms with E-state index < -0.39 is 10.0 Å². The van der Waals surface area contributed by atoms with Crippen LogP contribution in [0.1, 0.15) is 49.7 Å². The van der Waals surface area contributed by atoms with Crippen molar-refractivity contribution in [3.8, 4) is 11.4 Å². The fourth-order valence-electron chi connectivity index (χ4n) is 5.53. The number of benzene rings is 3. The van der Waals surface area contributed by atoms with E-state index in [0.29, 0.717) is 40.7 Å². The Morgan fingerprint density at radius 2 is 1.80 bits per heavy atom. The van der Waals surface area contributed by atoms with Crippen molar-refractivity contribution in [2.75, 3.05) is 17.5 Å². The van der Waals surface area contributed by atoms with Gasteiger partial charge >= 0.3 is 0 Å². The molecular formula is C32H36N4O4S. The Balaban J connectivity index is 1.32. The van der Waals surface area contributed by atoms with Crippen molar-refractivity contribution in [1.29, 1.82) is 0 Å². The molecule has 1 saturated heterocycles. The van der Waals surface area contributed by atoms with Crippen LogP contribution in [0.3, 0.4) is 0 Å². The normalized spacial score (nSPS) is 17.5. The van der Waals surface area contributed by atoms with E-state index in [2.05, 4.69) is 10.3 Å². The first-order chi connectivity index (χ1) is 19.8. The van der Waals surface area contributed by atoms with Crippen molar-refractivity contribution in [1.82, 2.24) is 14.9 Å². The molecule has 0 spiro atoms. The molecule has 41 heavy (non-hydrogen) atoms. The molecule has 1 aromatic heterocycles. The number of aryl methyl sites for hydroxylation is 2. The zero-order chi connectivity index (χ0) is 28.6. The molecule has 1 aliphatic carbocycles. The lowest BCUT2D eigenvalue weighted by Gasteiger charge is -2.25. The monoisotopic (exact) mass is 572 g/mol. The summed E-state index contributed by atoms with van der Waals surface area (Å²) in [6.45, 7) is 5.47. The quantitative estimate of drug-likeness (QED) is 0.294. The zero-order valence-corrected chi connectivity index (χ0v) is 24.4. The Morgan fingerprint density at radius 1 is 1.00 bits per heavy atom. The molecule has 2 fully saturated rings. The minimum absolute atomic E-state index is 0.105.